The Hall–Kier alpha value is -3.36. The van der Waals surface area contributed by atoms with Crippen molar-refractivity contribution in [1.82, 2.24) is 10.2 Å². The highest BCUT2D eigenvalue weighted by atomic mass is 35.5. The molecule has 0 radical (unpaired) electrons. The number of halogens is 1. The molecule has 218 valence electrons. The Morgan fingerprint density at radius 3 is 2.22 bits per heavy atom. The van der Waals surface area contributed by atoms with Gasteiger partial charge in [-0.15, -0.1) is 0 Å². The van der Waals surface area contributed by atoms with E-state index in [0.717, 1.165) is 35.6 Å². The number of rotatable bonds is 11. The van der Waals surface area contributed by atoms with Gasteiger partial charge in [0.2, 0.25) is 11.8 Å². The molecular formula is C32H38ClN3O4S. The van der Waals surface area contributed by atoms with Crippen molar-refractivity contribution in [2.75, 3.05) is 17.4 Å². The van der Waals surface area contributed by atoms with E-state index in [9.17, 15) is 18.0 Å². The Labute approximate surface area is 248 Å². The molecule has 0 saturated heterocycles. The molecule has 7 nitrogen and oxygen atoms in total. The summed E-state index contributed by atoms with van der Waals surface area (Å²) in [7, 11) is -4.11. The third kappa shape index (κ3) is 7.89. The van der Waals surface area contributed by atoms with E-state index in [1.807, 2.05) is 30.3 Å². The van der Waals surface area contributed by atoms with Gasteiger partial charge in [-0.1, -0.05) is 79.4 Å². The molecule has 0 bridgehead atoms. The summed E-state index contributed by atoms with van der Waals surface area (Å²) in [5.74, 6) is -0.681. The third-order valence-corrected chi connectivity index (χ3v) is 9.65. The van der Waals surface area contributed by atoms with Crippen LogP contribution in [0.15, 0.2) is 83.8 Å². The molecule has 0 aromatic heterocycles. The van der Waals surface area contributed by atoms with Gasteiger partial charge in [-0.05, 0) is 74.6 Å². The average molecular weight is 596 g/mol. The van der Waals surface area contributed by atoms with Crippen molar-refractivity contribution in [2.45, 2.75) is 69.4 Å². The Morgan fingerprint density at radius 2 is 1.59 bits per heavy atom. The van der Waals surface area contributed by atoms with Crippen LogP contribution in [0.5, 0.6) is 0 Å². The van der Waals surface area contributed by atoms with Crippen molar-refractivity contribution in [3.63, 3.8) is 0 Å². The van der Waals surface area contributed by atoms with Crippen molar-refractivity contribution < 1.29 is 18.0 Å². The number of benzene rings is 3. The van der Waals surface area contributed by atoms with Gasteiger partial charge in [-0.25, -0.2) is 8.42 Å². The monoisotopic (exact) mass is 595 g/mol. The first-order valence-corrected chi connectivity index (χ1v) is 16.0. The summed E-state index contributed by atoms with van der Waals surface area (Å²) in [6, 6.07) is 22.0. The Kier molecular flexibility index (Phi) is 10.5. The minimum Gasteiger partial charge on any atom is -0.352 e. The van der Waals surface area contributed by atoms with E-state index in [-0.39, 0.29) is 23.4 Å². The summed E-state index contributed by atoms with van der Waals surface area (Å²) in [6.45, 7) is 3.27. The number of sulfonamides is 1. The van der Waals surface area contributed by atoms with Gasteiger partial charge in [-0.3, -0.25) is 13.9 Å². The third-order valence-electron chi connectivity index (χ3n) is 7.64. The number of amides is 2. The van der Waals surface area contributed by atoms with Crippen molar-refractivity contribution in [1.29, 1.82) is 0 Å². The quantitative estimate of drug-likeness (QED) is 0.306. The zero-order chi connectivity index (χ0) is 29.4. The molecule has 9 heteroatoms. The summed E-state index contributed by atoms with van der Waals surface area (Å²) in [6.07, 6.45) is 5.69. The number of anilines is 1. The summed E-state index contributed by atoms with van der Waals surface area (Å²) in [5.41, 5.74) is 1.99. The molecule has 2 amide bonds. The highest BCUT2D eigenvalue weighted by molar-refractivity contribution is 7.92. The van der Waals surface area contributed by atoms with E-state index >= 15 is 0 Å². The molecule has 1 saturated carbocycles. The first-order chi connectivity index (χ1) is 19.7. The van der Waals surface area contributed by atoms with Gasteiger partial charge in [0, 0.05) is 17.6 Å². The van der Waals surface area contributed by atoms with Gasteiger partial charge in [-0.2, -0.15) is 0 Å². The predicted molar refractivity (Wildman–Crippen MR) is 163 cm³/mol. The van der Waals surface area contributed by atoms with Gasteiger partial charge < -0.3 is 10.2 Å². The van der Waals surface area contributed by atoms with Crippen LogP contribution < -0.4 is 9.62 Å². The molecule has 4 rings (SSSR count). The van der Waals surface area contributed by atoms with Crippen LogP contribution in [0.3, 0.4) is 0 Å². The van der Waals surface area contributed by atoms with Gasteiger partial charge in [0.25, 0.3) is 10.0 Å². The van der Waals surface area contributed by atoms with Crippen molar-refractivity contribution in [3.8, 4) is 0 Å². The van der Waals surface area contributed by atoms with Crippen LogP contribution in [-0.2, 0) is 26.0 Å². The van der Waals surface area contributed by atoms with E-state index in [4.69, 9.17) is 11.6 Å². The molecule has 1 atom stereocenters. The molecule has 1 aliphatic carbocycles. The Morgan fingerprint density at radius 1 is 0.951 bits per heavy atom. The van der Waals surface area contributed by atoms with Crippen LogP contribution >= 0.6 is 11.6 Å². The molecule has 0 heterocycles. The second-order valence-corrected chi connectivity index (χ2v) is 12.9. The number of hydrogen-bond acceptors (Lipinski definition) is 4. The zero-order valence-electron chi connectivity index (χ0n) is 23.6. The number of carbonyl (C=O) groups is 2. The Balaban J connectivity index is 1.65. The van der Waals surface area contributed by atoms with Gasteiger partial charge in [0.05, 0.1) is 10.6 Å². The molecule has 0 unspecified atom stereocenters. The second-order valence-electron chi connectivity index (χ2n) is 10.6. The number of hydrogen-bond donors (Lipinski definition) is 1. The lowest BCUT2D eigenvalue weighted by atomic mass is 9.95. The van der Waals surface area contributed by atoms with Crippen molar-refractivity contribution in [2.24, 2.45) is 0 Å². The first kappa shape index (κ1) is 30.6. The first-order valence-electron chi connectivity index (χ1n) is 14.1. The molecule has 1 aliphatic rings. The molecular weight excluding hydrogens is 558 g/mol. The van der Waals surface area contributed by atoms with E-state index in [2.05, 4.69) is 5.32 Å². The minimum atomic E-state index is -4.11. The summed E-state index contributed by atoms with van der Waals surface area (Å²) in [4.78, 5) is 29.0. The lowest BCUT2D eigenvalue weighted by Gasteiger charge is -2.33. The van der Waals surface area contributed by atoms with Crippen LogP contribution in [0.4, 0.5) is 5.69 Å². The topological polar surface area (TPSA) is 86.8 Å². The van der Waals surface area contributed by atoms with Crippen molar-refractivity contribution in [3.05, 3.63) is 95.0 Å². The van der Waals surface area contributed by atoms with Crippen LogP contribution in [0.25, 0.3) is 0 Å². The smallest absolute Gasteiger partial charge is 0.264 e. The van der Waals surface area contributed by atoms with E-state index < -0.39 is 28.5 Å². The predicted octanol–water partition coefficient (Wildman–Crippen LogP) is 5.75. The highest BCUT2D eigenvalue weighted by Gasteiger charge is 2.33. The van der Waals surface area contributed by atoms with E-state index in [1.165, 1.54) is 23.5 Å². The fraction of sp³-hybridized carbons (Fsp3) is 0.375. The molecule has 1 fully saturated rings. The normalized spacial score (nSPS) is 14.7. The van der Waals surface area contributed by atoms with E-state index in [1.54, 1.807) is 50.2 Å². The van der Waals surface area contributed by atoms with Gasteiger partial charge in [0.15, 0.2) is 0 Å². The maximum atomic E-state index is 14.1. The fourth-order valence-corrected chi connectivity index (χ4v) is 7.00. The molecule has 1 N–H and O–H groups in total. The standard InChI is InChI=1S/C32H38ClN3O4S/c1-24-22-27(33)18-19-30(24)36(41(39,40)29-16-10-5-11-17-29)23-31(37)35(21-20-26-12-6-3-7-13-26)25(2)32(38)34-28-14-8-4-9-15-28/h3,5-7,10-13,16-19,22,25,28H,4,8-9,14-15,20-21,23H2,1-2H3,(H,34,38)/t25-/m0/s1. The summed E-state index contributed by atoms with van der Waals surface area (Å²) in [5, 5.41) is 3.59. The van der Waals surface area contributed by atoms with Gasteiger partial charge in [0.1, 0.15) is 12.6 Å². The minimum absolute atomic E-state index is 0.0704. The SMILES string of the molecule is Cc1cc(Cl)ccc1N(CC(=O)N(CCc1ccccc1)[C@@H](C)C(=O)NC1CCCCC1)S(=O)(=O)c1ccccc1. The second kappa shape index (κ2) is 14.0. The molecule has 0 spiro atoms. The fourth-order valence-electron chi connectivity index (χ4n) is 5.27. The summed E-state index contributed by atoms with van der Waals surface area (Å²) >= 11 is 6.18. The van der Waals surface area contributed by atoms with Crippen LogP contribution in [0.1, 0.15) is 50.2 Å². The Bertz CT molecular complexity index is 1430. The van der Waals surface area contributed by atoms with Crippen molar-refractivity contribution >= 4 is 39.1 Å². The average Bonchev–Trinajstić information content (AvgIpc) is 2.97. The van der Waals surface area contributed by atoms with E-state index in [0.29, 0.717) is 22.7 Å². The maximum Gasteiger partial charge on any atom is 0.264 e. The highest BCUT2D eigenvalue weighted by Crippen LogP contribution is 2.29. The molecule has 0 aliphatic heterocycles. The van der Waals surface area contributed by atoms with Crippen LogP contribution in [0.2, 0.25) is 5.02 Å². The molecule has 3 aromatic rings. The number of nitrogens with one attached hydrogen (secondary N) is 1. The zero-order valence-corrected chi connectivity index (χ0v) is 25.2. The van der Waals surface area contributed by atoms with Crippen LogP contribution in [-0.4, -0.2) is 50.3 Å². The lowest BCUT2D eigenvalue weighted by molar-refractivity contribution is -0.139. The summed E-state index contributed by atoms with van der Waals surface area (Å²) < 4.78 is 29.0. The number of nitrogens with zero attached hydrogens (tertiary/aromatic N) is 2. The van der Waals surface area contributed by atoms with Gasteiger partial charge >= 0.3 is 0 Å². The number of aryl methyl sites for hydroxylation is 1. The molecule has 3 aromatic carbocycles. The maximum absolute atomic E-state index is 14.1. The molecule has 41 heavy (non-hydrogen) atoms. The lowest BCUT2D eigenvalue weighted by Crippen LogP contribution is -2.53. The van der Waals surface area contributed by atoms with Crippen LogP contribution in [0, 0.1) is 6.92 Å². The number of carbonyl (C=O) groups excluding carboxylic acids is 2. The largest absolute Gasteiger partial charge is 0.352 e.